The minimum absolute atomic E-state index is 0.150. The molecule has 5 atom stereocenters. The third-order valence-corrected chi connectivity index (χ3v) is 9.74. The number of carbonyl (C=O) groups excluding carboxylic acids is 3. The zero-order valence-electron chi connectivity index (χ0n) is 26.0. The average Bonchev–Trinajstić information content (AvgIpc) is 3.65. The van der Waals surface area contributed by atoms with Crippen LogP contribution in [0.1, 0.15) is 39.5 Å². The zero-order chi connectivity index (χ0) is 32.4. The van der Waals surface area contributed by atoms with Gasteiger partial charge in [0, 0.05) is 42.6 Å². The molecular formula is C35H42ClN3O6. The number of amides is 3. The van der Waals surface area contributed by atoms with Crippen LogP contribution >= 0.6 is 11.6 Å². The highest BCUT2D eigenvalue weighted by Gasteiger charge is 2.79. The van der Waals surface area contributed by atoms with E-state index in [2.05, 4.69) is 13.2 Å². The molecule has 3 fully saturated rings. The topological polar surface area (TPSA) is 99.6 Å². The fraction of sp³-hybridized carbons (Fsp3) is 0.457. The van der Waals surface area contributed by atoms with Gasteiger partial charge in [0.2, 0.25) is 11.8 Å². The van der Waals surface area contributed by atoms with Crippen LogP contribution in [-0.2, 0) is 19.1 Å². The standard InChI is InChI=1S/C35H42ClN3O6/c1-5-20-37(26-14-16-27(17-15-26)44-8-4)31(41)28-29-32(42)39(22-9-23-40)30(35(29)19-18-34(28,7-3)45-35)33(43)38(21-6-2)25-12-10-24(36)11-13-25/h5-6,10-17,28-30,40H,1-2,7-9,18-23H2,3-4H3/t28-,29+,30?,34+,35?/m1/s1. The summed E-state index contributed by atoms with van der Waals surface area (Å²) in [4.78, 5) is 48.6. The van der Waals surface area contributed by atoms with E-state index in [9.17, 15) is 19.5 Å². The average molecular weight is 636 g/mol. The summed E-state index contributed by atoms with van der Waals surface area (Å²) in [7, 11) is 0. The molecule has 0 radical (unpaired) electrons. The minimum Gasteiger partial charge on any atom is -0.494 e. The largest absolute Gasteiger partial charge is 0.494 e. The van der Waals surface area contributed by atoms with E-state index in [1.54, 1.807) is 46.2 Å². The molecule has 0 saturated carbocycles. The Morgan fingerprint density at radius 2 is 1.62 bits per heavy atom. The Morgan fingerprint density at radius 1 is 1.02 bits per heavy atom. The first-order valence-corrected chi connectivity index (χ1v) is 16.0. The van der Waals surface area contributed by atoms with Crippen LogP contribution in [0.25, 0.3) is 0 Å². The van der Waals surface area contributed by atoms with Crippen LogP contribution in [-0.4, -0.2) is 77.8 Å². The first kappa shape index (κ1) is 32.7. The van der Waals surface area contributed by atoms with E-state index < -0.39 is 29.1 Å². The van der Waals surface area contributed by atoms with Gasteiger partial charge in [0.15, 0.2) is 0 Å². The number of fused-ring (bicyclic) bond motifs is 1. The molecule has 5 rings (SSSR count). The molecule has 0 aliphatic carbocycles. The number of nitrogens with zero attached hydrogens (tertiary/aromatic N) is 3. The fourth-order valence-corrected chi connectivity index (χ4v) is 7.71. The van der Waals surface area contributed by atoms with Gasteiger partial charge in [0.05, 0.1) is 24.0 Å². The predicted molar refractivity (Wildman–Crippen MR) is 174 cm³/mol. The van der Waals surface area contributed by atoms with Gasteiger partial charge in [-0.3, -0.25) is 14.4 Å². The van der Waals surface area contributed by atoms with E-state index in [-0.39, 0.29) is 50.4 Å². The fourth-order valence-electron chi connectivity index (χ4n) is 7.58. The second-order valence-electron chi connectivity index (χ2n) is 11.8. The Bertz CT molecular complexity index is 1430. The lowest BCUT2D eigenvalue weighted by Gasteiger charge is -2.37. The third-order valence-electron chi connectivity index (χ3n) is 9.49. The molecule has 9 nitrogen and oxygen atoms in total. The molecule has 2 bridgehead atoms. The van der Waals surface area contributed by atoms with Crippen molar-refractivity contribution in [1.29, 1.82) is 0 Å². The van der Waals surface area contributed by atoms with Crippen LogP contribution in [0.3, 0.4) is 0 Å². The van der Waals surface area contributed by atoms with Gasteiger partial charge in [-0.1, -0.05) is 30.7 Å². The maximum absolute atomic E-state index is 14.7. The summed E-state index contributed by atoms with van der Waals surface area (Å²) < 4.78 is 12.6. The molecular weight excluding hydrogens is 594 g/mol. The number of aliphatic hydroxyl groups excluding tert-OH is 1. The second-order valence-corrected chi connectivity index (χ2v) is 12.3. The molecule has 2 aromatic carbocycles. The van der Waals surface area contributed by atoms with Gasteiger partial charge in [0.1, 0.15) is 17.4 Å². The Morgan fingerprint density at radius 3 is 2.18 bits per heavy atom. The van der Waals surface area contributed by atoms with Crippen molar-refractivity contribution in [3.63, 3.8) is 0 Å². The number of halogens is 1. The van der Waals surface area contributed by atoms with Crippen molar-refractivity contribution in [3.05, 3.63) is 78.9 Å². The molecule has 1 N–H and O–H groups in total. The van der Waals surface area contributed by atoms with E-state index in [1.807, 2.05) is 38.1 Å². The molecule has 3 aliphatic rings. The Balaban J connectivity index is 1.58. The Kier molecular flexibility index (Phi) is 9.72. The lowest BCUT2D eigenvalue weighted by molar-refractivity contribution is -0.146. The smallest absolute Gasteiger partial charge is 0.253 e. The first-order valence-electron chi connectivity index (χ1n) is 15.7. The van der Waals surface area contributed by atoms with Crippen LogP contribution in [0.15, 0.2) is 73.8 Å². The highest BCUT2D eigenvalue weighted by molar-refractivity contribution is 6.30. The summed E-state index contributed by atoms with van der Waals surface area (Å²) in [5.41, 5.74) is -0.851. The molecule has 0 aromatic heterocycles. The third kappa shape index (κ3) is 5.55. The molecule has 2 aromatic rings. The maximum Gasteiger partial charge on any atom is 0.253 e. The number of benzene rings is 2. The Hall–Kier alpha value is -3.66. The van der Waals surface area contributed by atoms with Crippen LogP contribution in [0.2, 0.25) is 5.02 Å². The number of likely N-dealkylation sites (tertiary alicyclic amines) is 1. The molecule has 45 heavy (non-hydrogen) atoms. The number of ether oxygens (including phenoxy) is 2. The molecule has 3 aliphatic heterocycles. The van der Waals surface area contributed by atoms with Crippen molar-refractivity contribution in [2.75, 3.05) is 42.6 Å². The summed E-state index contributed by atoms with van der Waals surface area (Å²) in [6.07, 6.45) is 5.08. The van der Waals surface area contributed by atoms with Crippen LogP contribution in [0.5, 0.6) is 5.75 Å². The van der Waals surface area contributed by atoms with Crippen molar-refractivity contribution in [1.82, 2.24) is 4.90 Å². The van der Waals surface area contributed by atoms with E-state index in [0.29, 0.717) is 48.0 Å². The van der Waals surface area contributed by atoms with Crippen molar-refractivity contribution in [3.8, 4) is 5.75 Å². The number of aliphatic hydroxyl groups is 1. The van der Waals surface area contributed by atoms with Crippen molar-refractivity contribution < 1.29 is 29.0 Å². The number of anilines is 2. The van der Waals surface area contributed by atoms with Gasteiger partial charge in [-0.25, -0.2) is 0 Å². The highest BCUT2D eigenvalue weighted by atomic mass is 35.5. The van der Waals surface area contributed by atoms with E-state index in [4.69, 9.17) is 21.1 Å². The summed E-state index contributed by atoms with van der Waals surface area (Å²) in [6.45, 7) is 12.6. The quantitative estimate of drug-likeness (QED) is 0.293. The molecule has 3 amide bonds. The van der Waals surface area contributed by atoms with E-state index in [1.165, 1.54) is 4.90 Å². The second kappa shape index (κ2) is 13.4. The van der Waals surface area contributed by atoms with Crippen molar-refractivity contribution >= 4 is 40.7 Å². The zero-order valence-corrected chi connectivity index (χ0v) is 26.7. The lowest BCUT2D eigenvalue weighted by Crippen LogP contribution is -2.56. The van der Waals surface area contributed by atoms with Crippen molar-refractivity contribution in [2.24, 2.45) is 11.8 Å². The van der Waals surface area contributed by atoms with Gasteiger partial charge in [0.25, 0.3) is 5.91 Å². The summed E-state index contributed by atoms with van der Waals surface area (Å²) >= 11 is 6.15. The number of carbonyl (C=O) groups is 3. The molecule has 1 spiro atoms. The van der Waals surface area contributed by atoms with Gasteiger partial charge in [-0.2, -0.15) is 0 Å². The van der Waals surface area contributed by atoms with Gasteiger partial charge >= 0.3 is 0 Å². The summed E-state index contributed by atoms with van der Waals surface area (Å²) in [5, 5.41) is 10.3. The summed E-state index contributed by atoms with van der Waals surface area (Å²) in [5.74, 6) is -1.84. The van der Waals surface area contributed by atoms with E-state index >= 15 is 0 Å². The van der Waals surface area contributed by atoms with Crippen molar-refractivity contribution in [2.45, 2.75) is 56.8 Å². The Labute approximate surface area is 270 Å². The molecule has 240 valence electrons. The maximum atomic E-state index is 14.7. The molecule has 3 heterocycles. The predicted octanol–water partition coefficient (Wildman–Crippen LogP) is 5.01. The van der Waals surface area contributed by atoms with Crippen LogP contribution in [0.4, 0.5) is 11.4 Å². The minimum atomic E-state index is -1.20. The lowest BCUT2D eigenvalue weighted by atomic mass is 9.64. The van der Waals surface area contributed by atoms with Gasteiger partial charge < -0.3 is 29.3 Å². The van der Waals surface area contributed by atoms with Gasteiger partial charge in [-0.05, 0) is 81.1 Å². The SMILES string of the molecule is C=CCN(C(=O)C1N(CCCO)C(=O)[C@@H]2[C@H](C(=O)N(CC=C)c3ccc(OCC)cc3)[C@]3(CC)CCC12O3)c1ccc(Cl)cc1. The number of rotatable bonds is 14. The monoisotopic (exact) mass is 635 g/mol. The number of hydrogen-bond acceptors (Lipinski definition) is 6. The van der Waals surface area contributed by atoms with Crippen LogP contribution in [0, 0.1) is 11.8 Å². The first-order chi connectivity index (χ1) is 21.7. The van der Waals surface area contributed by atoms with Gasteiger partial charge in [-0.15, -0.1) is 13.2 Å². The highest BCUT2D eigenvalue weighted by Crippen LogP contribution is 2.64. The van der Waals surface area contributed by atoms with E-state index in [0.717, 1.165) is 0 Å². The molecule has 10 heteroatoms. The molecule has 2 unspecified atom stereocenters. The number of hydrogen-bond donors (Lipinski definition) is 1. The van der Waals surface area contributed by atoms with Crippen LogP contribution < -0.4 is 14.5 Å². The molecule has 3 saturated heterocycles. The normalized spacial score (nSPS) is 26.4. The summed E-state index contributed by atoms with van der Waals surface area (Å²) in [6, 6.07) is 13.2.